The monoisotopic (exact) mass is 152 g/mol. The number of allylic oxidation sites excluding steroid dienone is 2. The second kappa shape index (κ2) is 4.79. The second-order valence-electron chi connectivity index (χ2n) is 3.14. The highest BCUT2D eigenvalue weighted by atomic mass is 14.9. The Morgan fingerprint density at radius 2 is 2.00 bits per heavy atom. The number of nitrogens with one attached hydrogen (secondary N) is 1. The predicted octanol–water partition coefficient (Wildman–Crippen LogP) is 2.05. The van der Waals surface area contributed by atoms with E-state index in [4.69, 9.17) is 5.26 Å². The zero-order chi connectivity index (χ0) is 8.85. The highest BCUT2D eigenvalue weighted by Gasteiger charge is 1.96. The first-order valence-corrected chi connectivity index (χ1v) is 3.89. The molecule has 0 radical (unpaired) electrons. The van der Waals surface area contributed by atoms with E-state index in [-0.39, 0.29) is 0 Å². The summed E-state index contributed by atoms with van der Waals surface area (Å²) in [6.45, 7) is 8.97. The van der Waals surface area contributed by atoms with Gasteiger partial charge >= 0.3 is 0 Å². The number of nitrogens with zero attached hydrogens (tertiary/aromatic N) is 1. The fraction of sp³-hybridized carbons (Fsp3) is 0.667. The van der Waals surface area contributed by atoms with Crippen LogP contribution in [0.5, 0.6) is 0 Å². The van der Waals surface area contributed by atoms with Crippen molar-refractivity contribution < 1.29 is 0 Å². The molecule has 0 aliphatic rings. The first kappa shape index (κ1) is 10.0. The normalized spacial score (nSPS) is 12.4. The SMILES string of the molecule is C/C(C#N)=C(\C)NCC(C)C. The Morgan fingerprint density at radius 1 is 1.45 bits per heavy atom. The number of hydrogen-bond donors (Lipinski definition) is 1. The Morgan fingerprint density at radius 3 is 2.36 bits per heavy atom. The van der Waals surface area contributed by atoms with Crippen molar-refractivity contribution in [1.82, 2.24) is 5.32 Å². The number of hydrogen-bond acceptors (Lipinski definition) is 2. The quantitative estimate of drug-likeness (QED) is 0.628. The van der Waals surface area contributed by atoms with E-state index in [1.807, 2.05) is 13.8 Å². The average molecular weight is 152 g/mol. The molecule has 0 saturated heterocycles. The van der Waals surface area contributed by atoms with E-state index < -0.39 is 0 Å². The van der Waals surface area contributed by atoms with E-state index in [2.05, 4.69) is 25.2 Å². The summed E-state index contributed by atoms with van der Waals surface area (Å²) in [7, 11) is 0. The summed E-state index contributed by atoms with van der Waals surface area (Å²) >= 11 is 0. The molecule has 2 nitrogen and oxygen atoms in total. The lowest BCUT2D eigenvalue weighted by Gasteiger charge is -2.09. The third kappa shape index (κ3) is 4.44. The van der Waals surface area contributed by atoms with Crippen LogP contribution in [0.15, 0.2) is 11.3 Å². The Hall–Kier alpha value is -0.970. The first-order chi connectivity index (χ1) is 5.07. The smallest absolute Gasteiger partial charge is 0.0962 e. The number of rotatable bonds is 3. The van der Waals surface area contributed by atoms with Gasteiger partial charge in [0.25, 0.3) is 0 Å². The molecular formula is C9H16N2. The van der Waals surface area contributed by atoms with Crippen molar-refractivity contribution in [3.05, 3.63) is 11.3 Å². The maximum Gasteiger partial charge on any atom is 0.0962 e. The van der Waals surface area contributed by atoms with Crippen LogP contribution in [0.3, 0.4) is 0 Å². The minimum absolute atomic E-state index is 0.622. The Bertz CT molecular complexity index is 184. The van der Waals surface area contributed by atoms with Gasteiger partial charge in [0.2, 0.25) is 0 Å². The zero-order valence-electron chi connectivity index (χ0n) is 7.73. The molecule has 0 rings (SSSR count). The van der Waals surface area contributed by atoms with Crippen molar-refractivity contribution in [2.45, 2.75) is 27.7 Å². The lowest BCUT2D eigenvalue weighted by molar-refractivity contribution is 0.595. The predicted molar refractivity (Wildman–Crippen MR) is 46.8 cm³/mol. The van der Waals surface area contributed by atoms with E-state index in [1.165, 1.54) is 0 Å². The van der Waals surface area contributed by atoms with Crippen LogP contribution < -0.4 is 5.32 Å². The van der Waals surface area contributed by atoms with Crippen molar-refractivity contribution >= 4 is 0 Å². The van der Waals surface area contributed by atoms with Gasteiger partial charge in [0, 0.05) is 17.8 Å². The van der Waals surface area contributed by atoms with Gasteiger partial charge in [0.15, 0.2) is 0 Å². The molecule has 0 saturated carbocycles. The molecule has 0 aromatic heterocycles. The van der Waals surface area contributed by atoms with Gasteiger partial charge in [0.1, 0.15) is 0 Å². The van der Waals surface area contributed by atoms with Gasteiger partial charge in [-0.3, -0.25) is 0 Å². The van der Waals surface area contributed by atoms with Crippen molar-refractivity contribution in [1.29, 1.82) is 5.26 Å². The molecule has 0 bridgehead atoms. The summed E-state index contributed by atoms with van der Waals surface area (Å²) < 4.78 is 0. The highest BCUT2D eigenvalue weighted by Crippen LogP contribution is 1.98. The molecular weight excluding hydrogens is 136 g/mol. The summed E-state index contributed by atoms with van der Waals surface area (Å²) in [5.41, 5.74) is 1.76. The third-order valence-corrected chi connectivity index (χ3v) is 1.51. The molecule has 11 heavy (non-hydrogen) atoms. The molecule has 1 N–H and O–H groups in total. The van der Waals surface area contributed by atoms with E-state index in [9.17, 15) is 0 Å². The molecule has 0 fully saturated rings. The van der Waals surface area contributed by atoms with Crippen LogP contribution >= 0.6 is 0 Å². The molecule has 0 aliphatic heterocycles. The molecule has 0 unspecified atom stereocenters. The minimum Gasteiger partial charge on any atom is -0.388 e. The fourth-order valence-electron chi connectivity index (χ4n) is 0.574. The first-order valence-electron chi connectivity index (χ1n) is 3.89. The molecule has 0 atom stereocenters. The lowest BCUT2D eigenvalue weighted by atomic mass is 10.2. The van der Waals surface area contributed by atoms with Gasteiger partial charge in [0.05, 0.1) is 6.07 Å². The second-order valence-corrected chi connectivity index (χ2v) is 3.14. The summed E-state index contributed by atoms with van der Waals surface area (Å²) in [6, 6.07) is 2.11. The maximum atomic E-state index is 8.52. The molecule has 0 aromatic rings. The van der Waals surface area contributed by atoms with Gasteiger partial charge in [-0.05, 0) is 19.8 Å². The molecule has 0 aliphatic carbocycles. The number of nitriles is 1. The lowest BCUT2D eigenvalue weighted by Crippen LogP contribution is -2.18. The Labute approximate surface area is 68.9 Å². The van der Waals surface area contributed by atoms with Gasteiger partial charge in [-0.25, -0.2) is 0 Å². The van der Waals surface area contributed by atoms with Crippen LogP contribution in [0.1, 0.15) is 27.7 Å². The Balaban J connectivity index is 3.89. The summed E-state index contributed by atoms with van der Waals surface area (Å²) in [4.78, 5) is 0. The van der Waals surface area contributed by atoms with Gasteiger partial charge < -0.3 is 5.32 Å². The van der Waals surface area contributed by atoms with Gasteiger partial charge in [-0.15, -0.1) is 0 Å². The Kier molecular flexibility index (Phi) is 4.36. The molecule has 0 heterocycles. The van der Waals surface area contributed by atoms with Crippen molar-refractivity contribution in [2.24, 2.45) is 5.92 Å². The van der Waals surface area contributed by atoms with Crippen LogP contribution in [0, 0.1) is 17.2 Å². The van der Waals surface area contributed by atoms with Crippen LogP contribution in [-0.2, 0) is 0 Å². The van der Waals surface area contributed by atoms with Crippen molar-refractivity contribution in [2.75, 3.05) is 6.54 Å². The molecule has 62 valence electrons. The average Bonchev–Trinajstić information content (AvgIpc) is 1.98. The van der Waals surface area contributed by atoms with Crippen LogP contribution in [0.4, 0.5) is 0 Å². The minimum atomic E-state index is 0.622. The van der Waals surface area contributed by atoms with E-state index >= 15 is 0 Å². The summed E-state index contributed by atoms with van der Waals surface area (Å²) in [5, 5.41) is 11.7. The van der Waals surface area contributed by atoms with Gasteiger partial charge in [-0.2, -0.15) is 5.26 Å². The molecule has 2 heteroatoms. The summed E-state index contributed by atoms with van der Waals surface area (Å²) in [5.74, 6) is 0.622. The topological polar surface area (TPSA) is 35.8 Å². The van der Waals surface area contributed by atoms with Crippen LogP contribution in [0.25, 0.3) is 0 Å². The van der Waals surface area contributed by atoms with Gasteiger partial charge in [-0.1, -0.05) is 13.8 Å². The fourth-order valence-corrected chi connectivity index (χ4v) is 0.574. The van der Waals surface area contributed by atoms with E-state index in [1.54, 1.807) is 0 Å². The standard InChI is InChI=1S/C9H16N2/c1-7(2)6-11-9(4)8(3)5-10/h7,11H,6H2,1-4H3/b9-8-. The molecule has 0 spiro atoms. The van der Waals surface area contributed by atoms with E-state index in [0.717, 1.165) is 17.8 Å². The summed E-state index contributed by atoms with van der Waals surface area (Å²) in [6.07, 6.45) is 0. The maximum absolute atomic E-state index is 8.52. The largest absolute Gasteiger partial charge is 0.388 e. The third-order valence-electron chi connectivity index (χ3n) is 1.51. The molecule has 0 amide bonds. The molecule has 0 aromatic carbocycles. The van der Waals surface area contributed by atoms with E-state index in [0.29, 0.717) is 5.92 Å². The van der Waals surface area contributed by atoms with Crippen LogP contribution in [0.2, 0.25) is 0 Å². The zero-order valence-corrected chi connectivity index (χ0v) is 7.73. The van der Waals surface area contributed by atoms with Crippen molar-refractivity contribution in [3.63, 3.8) is 0 Å². The van der Waals surface area contributed by atoms with Crippen LogP contribution in [-0.4, -0.2) is 6.54 Å². The van der Waals surface area contributed by atoms with Crippen molar-refractivity contribution in [3.8, 4) is 6.07 Å². The highest BCUT2D eigenvalue weighted by molar-refractivity contribution is 5.22.